The molecule has 0 saturated heterocycles. The zero-order chi connectivity index (χ0) is 17.6. The molecule has 0 radical (unpaired) electrons. The van der Waals surface area contributed by atoms with E-state index < -0.39 is 0 Å². The van der Waals surface area contributed by atoms with Gasteiger partial charge in [-0.25, -0.2) is 0 Å². The topological polar surface area (TPSA) is 61.4 Å². The van der Waals surface area contributed by atoms with Crippen molar-refractivity contribution in [3.05, 3.63) is 34.9 Å². The molecule has 5 nitrogen and oxygen atoms in total. The van der Waals surface area contributed by atoms with Crippen LogP contribution in [0.15, 0.2) is 24.3 Å². The lowest BCUT2D eigenvalue weighted by Gasteiger charge is -2.23. The zero-order valence-corrected chi connectivity index (χ0v) is 15.2. The second-order valence-electron chi connectivity index (χ2n) is 6.78. The van der Waals surface area contributed by atoms with Crippen LogP contribution in [-0.2, 0) is 9.59 Å². The molecule has 1 rings (SSSR count). The first-order chi connectivity index (χ1) is 10.6. The van der Waals surface area contributed by atoms with Crippen LogP contribution in [0.2, 0.25) is 5.02 Å². The monoisotopic (exact) mass is 339 g/mol. The van der Waals surface area contributed by atoms with Crippen LogP contribution in [0.4, 0.5) is 0 Å². The molecular formula is C17H26ClN3O2. The molecular weight excluding hydrogens is 314 g/mol. The Kier molecular flexibility index (Phi) is 7.03. The first kappa shape index (κ1) is 19.5. The number of hydrogen-bond acceptors (Lipinski definition) is 3. The second kappa shape index (κ2) is 8.31. The van der Waals surface area contributed by atoms with Gasteiger partial charge in [0, 0.05) is 10.6 Å². The maximum absolute atomic E-state index is 12.1. The molecule has 0 fully saturated rings. The van der Waals surface area contributed by atoms with Gasteiger partial charge in [-0.2, -0.15) is 0 Å². The van der Waals surface area contributed by atoms with Gasteiger partial charge in [-0.15, -0.1) is 0 Å². The van der Waals surface area contributed by atoms with E-state index in [1.54, 1.807) is 18.0 Å². The molecule has 0 aliphatic heterocycles. The van der Waals surface area contributed by atoms with Crippen LogP contribution in [0.1, 0.15) is 39.3 Å². The smallest absolute Gasteiger partial charge is 0.234 e. The Labute approximate surface area is 143 Å². The van der Waals surface area contributed by atoms with Crippen molar-refractivity contribution >= 4 is 23.4 Å². The third-order valence-electron chi connectivity index (χ3n) is 3.09. The number of likely N-dealkylation sites (N-methyl/N-ethyl adjacent to an activating group) is 1. The minimum atomic E-state index is -0.279. The van der Waals surface area contributed by atoms with E-state index in [4.69, 9.17) is 11.6 Å². The minimum Gasteiger partial charge on any atom is -0.350 e. The van der Waals surface area contributed by atoms with Gasteiger partial charge in [0.25, 0.3) is 0 Å². The Morgan fingerprint density at radius 2 is 1.74 bits per heavy atom. The molecule has 0 heterocycles. The normalized spacial score (nSPS) is 12.8. The van der Waals surface area contributed by atoms with Gasteiger partial charge >= 0.3 is 0 Å². The van der Waals surface area contributed by atoms with E-state index in [2.05, 4.69) is 10.6 Å². The molecule has 6 heteroatoms. The van der Waals surface area contributed by atoms with Gasteiger partial charge in [-0.1, -0.05) is 29.8 Å². The number of carbonyl (C=O) groups excluding carboxylic acids is 2. The summed E-state index contributed by atoms with van der Waals surface area (Å²) in [5.41, 5.74) is 0.592. The molecule has 0 aliphatic rings. The molecule has 2 N–H and O–H groups in total. The average Bonchev–Trinajstić information content (AvgIpc) is 2.35. The van der Waals surface area contributed by atoms with Gasteiger partial charge in [0.05, 0.1) is 19.1 Å². The average molecular weight is 340 g/mol. The second-order valence-corrected chi connectivity index (χ2v) is 7.19. The molecule has 1 atom stereocenters. The Morgan fingerprint density at radius 3 is 2.30 bits per heavy atom. The van der Waals surface area contributed by atoms with E-state index in [1.807, 2.05) is 45.9 Å². The molecule has 128 valence electrons. The van der Waals surface area contributed by atoms with Crippen LogP contribution in [0.25, 0.3) is 0 Å². The first-order valence-corrected chi connectivity index (χ1v) is 7.99. The van der Waals surface area contributed by atoms with Gasteiger partial charge in [0.15, 0.2) is 0 Å². The maximum atomic E-state index is 12.1. The molecule has 2 amide bonds. The van der Waals surface area contributed by atoms with Gasteiger partial charge in [-0.3, -0.25) is 14.5 Å². The summed E-state index contributed by atoms with van der Waals surface area (Å²) in [4.78, 5) is 25.6. The van der Waals surface area contributed by atoms with Crippen molar-refractivity contribution in [3.63, 3.8) is 0 Å². The van der Waals surface area contributed by atoms with Crippen LogP contribution >= 0.6 is 11.6 Å². The van der Waals surface area contributed by atoms with E-state index in [0.717, 1.165) is 5.56 Å². The first-order valence-electron chi connectivity index (χ1n) is 7.62. The van der Waals surface area contributed by atoms with Crippen LogP contribution in [-0.4, -0.2) is 42.4 Å². The molecule has 1 aromatic rings. The largest absolute Gasteiger partial charge is 0.350 e. The van der Waals surface area contributed by atoms with Crippen LogP contribution in [0.3, 0.4) is 0 Å². The summed E-state index contributed by atoms with van der Waals surface area (Å²) in [6.07, 6.45) is 0. The SMILES string of the molecule is C[C@@H](NC(=O)CN(C)CC(=O)NC(C)(C)C)c1ccccc1Cl. The molecule has 1 aromatic carbocycles. The van der Waals surface area contributed by atoms with Crippen molar-refractivity contribution in [1.82, 2.24) is 15.5 Å². The summed E-state index contributed by atoms with van der Waals surface area (Å²) in [6, 6.07) is 7.22. The Balaban J connectivity index is 2.47. The van der Waals surface area contributed by atoms with Crippen molar-refractivity contribution in [3.8, 4) is 0 Å². The highest BCUT2D eigenvalue weighted by Crippen LogP contribution is 2.21. The Bertz CT molecular complexity index is 555. The predicted molar refractivity (Wildman–Crippen MR) is 93.4 cm³/mol. The molecule has 0 aromatic heterocycles. The van der Waals surface area contributed by atoms with E-state index in [1.165, 1.54) is 0 Å². The van der Waals surface area contributed by atoms with E-state index in [0.29, 0.717) is 5.02 Å². The summed E-state index contributed by atoms with van der Waals surface area (Å²) in [5, 5.41) is 6.38. The summed E-state index contributed by atoms with van der Waals surface area (Å²) >= 11 is 6.12. The van der Waals surface area contributed by atoms with Gasteiger partial charge in [0.2, 0.25) is 11.8 Å². The van der Waals surface area contributed by atoms with Gasteiger partial charge < -0.3 is 10.6 Å². The predicted octanol–water partition coefficient (Wildman–Crippen LogP) is 2.36. The lowest BCUT2D eigenvalue weighted by molar-refractivity contribution is -0.125. The highest BCUT2D eigenvalue weighted by atomic mass is 35.5. The van der Waals surface area contributed by atoms with Crippen LogP contribution in [0.5, 0.6) is 0 Å². The lowest BCUT2D eigenvalue weighted by atomic mass is 10.1. The molecule has 0 saturated carbocycles. The summed E-state index contributed by atoms with van der Waals surface area (Å²) in [6.45, 7) is 7.96. The summed E-state index contributed by atoms with van der Waals surface area (Å²) in [7, 11) is 1.74. The van der Waals surface area contributed by atoms with Crippen molar-refractivity contribution in [2.24, 2.45) is 0 Å². The number of nitrogens with zero attached hydrogens (tertiary/aromatic N) is 1. The fourth-order valence-electron chi connectivity index (χ4n) is 2.20. The highest BCUT2D eigenvalue weighted by molar-refractivity contribution is 6.31. The lowest BCUT2D eigenvalue weighted by Crippen LogP contribution is -2.47. The van der Waals surface area contributed by atoms with E-state index in [9.17, 15) is 9.59 Å². The Hall–Kier alpha value is -1.59. The Morgan fingerprint density at radius 1 is 1.17 bits per heavy atom. The van der Waals surface area contributed by atoms with Crippen molar-refractivity contribution in [1.29, 1.82) is 0 Å². The van der Waals surface area contributed by atoms with Crippen LogP contribution < -0.4 is 10.6 Å². The number of amides is 2. The fourth-order valence-corrected chi connectivity index (χ4v) is 2.49. The highest BCUT2D eigenvalue weighted by Gasteiger charge is 2.17. The number of benzene rings is 1. The number of hydrogen-bond donors (Lipinski definition) is 2. The molecule has 23 heavy (non-hydrogen) atoms. The number of rotatable bonds is 6. The number of nitrogens with one attached hydrogen (secondary N) is 2. The molecule has 0 bridgehead atoms. The molecule has 0 unspecified atom stereocenters. The van der Waals surface area contributed by atoms with Crippen molar-refractivity contribution in [2.45, 2.75) is 39.3 Å². The van der Waals surface area contributed by atoms with Crippen molar-refractivity contribution in [2.75, 3.05) is 20.1 Å². The van der Waals surface area contributed by atoms with E-state index in [-0.39, 0.29) is 36.5 Å². The molecule has 0 spiro atoms. The number of halogens is 1. The maximum Gasteiger partial charge on any atom is 0.234 e. The quantitative estimate of drug-likeness (QED) is 0.836. The fraction of sp³-hybridized carbons (Fsp3) is 0.529. The number of carbonyl (C=O) groups is 2. The minimum absolute atomic E-state index is 0.105. The third-order valence-corrected chi connectivity index (χ3v) is 3.43. The van der Waals surface area contributed by atoms with Gasteiger partial charge in [-0.05, 0) is 46.4 Å². The molecule has 0 aliphatic carbocycles. The van der Waals surface area contributed by atoms with Crippen LogP contribution in [0, 0.1) is 0 Å². The summed E-state index contributed by atoms with van der Waals surface area (Å²) < 4.78 is 0. The van der Waals surface area contributed by atoms with E-state index >= 15 is 0 Å². The van der Waals surface area contributed by atoms with Crippen molar-refractivity contribution < 1.29 is 9.59 Å². The summed E-state index contributed by atoms with van der Waals surface area (Å²) in [5.74, 6) is -0.254. The zero-order valence-electron chi connectivity index (χ0n) is 14.4. The van der Waals surface area contributed by atoms with Gasteiger partial charge in [0.1, 0.15) is 0 Å². The standard InChI is InChI=1S/C17H26ClN3O2/c1-12(13-8-6-7-9-14(13)18)19-15(22)10-21(5)11-16(23)20-17(2,3)4/h6-9,12H,10-11H2,1-5H3,(H,19,22)(H,20,23)/t12-/m1/s1. The third kappa shape index (κ3) is 7.48.